The van der Waals surface area contributed by atoms with E-state index in [1.165, 1.54) is 4.90 Å². The van der Waals surface area contributed by atoms with Crippen molar-refractivity contribution in [3.05, 3.63) is 90.1 Å². The Bertz CT molecular complexity index is 1410. The van der Waals surface area contributed by atoms with Crippen molar-refractivity contribution < 1.29 is 19.1 Å². The Labute approximate surface area is 229 Å². The Morgan fingerprint density at radius 1 is 0.872 bits per heavy atom. The number of nitrogens with zero attached hydrogens (tertiary/aromatic N) is 2. The van der Waals surface area contributed by atoms with E-state index in [-0.39, 0.29) is 24.5 Å². The summed E-state index contributed by atoms with van der Waals surface area (Å²) >= 11 is 0. The Kier molecular flexibility index (Phi) is 9.10. The van der Waals surface area contributed by atoms with Gasteiger partial charge < -0.3 is 29.6 Å². The van der Waals surface area contributed by atoms with Crippen molar-refractivity contribution in [2.24, 2.45) is 0 Å². The number of methoxy groups -OCH3 is 2. The van der Waals surface area contributed by atoms with Gasteiger partial charge in [-0.2, -0.15) is 0 Å². The summed E-state index contributed by atoms with van der Waals surface area (Å²) < 4.78 is 10.9. The lowest BCUT2D eigenvalue weighted by molar-refractivity contribution is -0.132. The lowest BCUT2D eigenvalue weighted by atomic mass is 10.1. The van der Waals surface area contributed by atoms with Crippen LogP contribution in [0.15, 0.2) is 79.0 Å². The second kappa shape index (κ2) is 12.9. The number of amides is 3. The van der Waals surface area contributed by atoms with Crippen molar-refractivity contribution in [1.29, 1.82) is 0 Å². The summed E-state index contributed by atoms with van der Waals surface area (Å²) in [5.74, 6) is 1.12. The Balaban J connectivity index is 1.54. The first-order valence-corrected chi connectivity index (χ1v) is 13.1. The van der Waals surface area contributed by atoms with Crippen LogP contribution >= 0.6 is 0 Å². The van der Waals surface area contributed by atoms with Gasteiger partial charge >= 0.3 is 6.03 Å². The third kappa shape index (κ3) is 6.71. The maximum atomic E-state index is 13.8. The molecule has 0 bridgehead atoms. The number of aromatic nitrogens is 1. The number of urea groups is 1. The van der Waals surface area contributed by atoms with Gasteiger partial charge in [0.25, 0.3) is 0 Å². The molecule has 0 aliphatic heterocycles. The molecule has 3 amide bonds. The third-order valence-electron chi connectivity index (χ3n) is 6.77. The van der Waals surface area contributed by atoms with E-state index in [2.05, 4.69) is 16.4 Å². The average molecular weight is 529 g/mol. The van der Waals surface area contributed by atoms with Gasteiger partial charge in [0.1, 0.15) is 18.0 Å². The number of nitrogens with one attached hydrogen (secondary N) is 2. The number of H-pyrrole nitrogens is 1. The van der Waals surface area contributed by atoms with E-state index in [4.69, 9.17) is 9.47 Å². The number of hydrogen-bond donors (Lipinski definition) is 2. The highest BCUT2D eigenvalue weighted by atomic mass is 16.5. The van der Waals surface area contributed by atoms with Gasteiger partial charge in [-0.05, 0) is 50.1 Å². The summed E-state index contributed by atoms with van der Waals surface area (Å²) in [6, 6.07) is 22.4. The highest BCUT2D eigenvalue weighted by Gasteiger charge is 2.25. The second-order valence-corrected chi connectivity index (χ2v) is 9.59. The maximum Gasteiger partial charge on any atom is 0.322 e. The normalized spacial score (nSPS) is 10.9. The van der Waals surface area contributed by atoms with Gasteiger partial charge in [-0.15, -0.1) is 0 Å². The van der Waals surface area contributed by atoms with E-state index in [0.717, 1.165) is 27.8 Å². The van der Waals surface area contributed by atoms with Crippen LogP contribution in [0.1, 0.15) is 25.0 Å². The molecule has 0 aliphatic rings. The number of benzene rings is 3. The molecule has 1 aromatic heterocycles. The minimum absolute atomic E-state index is 0.0678. The zero-order chi connectivity index (χ0) is 27.8. The monoisotopic (exact) mass is 528 g/mol. The average Bonchev–Trinajstić information content (AvgIpc) is 3.37. The molecule has 0 unspecified atom stereocenters. The highest BCUT2D eigenvalue weighted by molar-refractivity contribution is 5.94. The number of ether oxygens (including phenoxy) is 2. The molecular weight excluding hydrogens is 492 g/mol. The topological polar surface area (TPSA) is 86.9 Å². The number of aromatic amines is 1. The lowest BCUT2D eigenvalue weighted by Crippen LogP contribution is -2.47. The van der Waals surface area contributed by atoms with Crippen LogP contribution in [0.5, 0.6) is 11.5 Å². The van der Waals surface area contributed by atoms with E-state index in [1.807, 2.05) is 74.6 Å². The number of rotatable bonds is 11. The summed E-state index contributed by atoms with van der Waals surface area (Å²) in [6.07, 6.45) is 2.66. The van der Waals surface area contributed by atoms with E-state index < -0.39 is 0 Å². The molecule has 4 aromatic rings. The first kappa shape index (κ1) is 27.6. The number of carbonyl (C=O) groups excluding carboxylic acids is 2. The summed E-state index contributed by atoms with van der Waals surface area (Å²) in [5.41, 5.74) is 3.65. The van der Waals surface area contributed by atoms with Crippen LogP contribution in [-0.2, 0) is 17.8 Å². The molecule has 0 saturated heterocycles. The molecule has 39 heavy (non-hydrogen) atoms. The first-order valence-electron chi connectivity index (χ1n) is 13.1. The van der Waals surface area contributed by atoms with Crippen LogP contribution in [0, 0.1) is 0 Å². The fraction of sp³-hybridized carbons (Fsp3) is 0.290. The lowest BCUT2D eigenvalue weighted by Gasteiger charge is -2.30. The van der Waals surface area contributed by atoms with Crippen LogP contribution in [0.4, 0.5) is 10.5 Å². The molecule has 4 rings (SSSR count). The second-order valence-electron chi connectivity index (χ2n) is 9.59. The molecule has 0 radical (unpaired) electrons. The molecule has 3 aromatic carbocycles. The Morgan fingerprint density at radius 2 is 1.54 bits per heavy atom. The molecule has 1 heterocycles. The maximum absolute atomic E-state index is 13.8. The van der Waals surface area contributed by atoms with Crippen molar-refractivity contribution in [2.75, 3.05) is 32.6 Å². The predicted molar refractivity (Wildman–Crippen MR) is 154 cm³/mol. The number of carbonyl (C=O) groups is 2. The van der Waals surface area contributed by atoms with Crippen LogP contribution in [-0.4, -0.2) is 60.1 Å². The SMILES string of the molecule is COc1ccccc1CN(CCc1c[nH]c2ccccc12)C(=O)CN(C(=O)Nc1ccccc1OC)C(C)C. The molecule has 0 spiro atoms. The number of para-hydroxylation sites is 4. The summed E-state index contributed by atoms with van der Waals surface area (Å²) in [4.78, 5) is 33.7. The van der Waals surface area contributed by atoms with Crippen molar-refractivity contribution in [1.82, 2.24) is 14.8 Å². The summed E-state index contributed by atoms with van der Waals surface area (Å²) in [7, 11) is 3.18. The molecule has 0 fully saturated rings. The predicted octanol–water partition coefficient (Wildman–Crippen LogP) is 5.70. The molecule has 0 saturated carbocycles. The highest BCUT2D eigenvalue weighted by Crippen LogP contribution is 2.25. The molecule has 204 valence electrons. The van der Waals surface area contributed by atoms with Crippen molar-refractivity contribution in [3.8, 4) is 11.5 Å². The number of hydrogen-bond acceptors (Lipinski definition) is 4. The van der Waals surface area contributed by atoms with E-state index in [0.29, 0.717) is 30.9 Å². The molecule has 2 N–H and O–H groups in total. The van der Waals surface area contributed by atoms with E-state index >= 15 is 0 Å². The largest absolute Gasteiger partial charge is 0.496 e. The summed E-state index contributed by atoms with van der Waals surface area (Å²) in [6.45, 7) is 4.57. The Hall–Kier alpha value is -4.46. The number of anilines is 1. The minimum Gasteiger partial charge on any atom is -0.496 e. The van der Waals surface area contributed by atoms with Crippen molar-refractivity contribution in [2.45, 2.75) is 32.9 Å². The van der Waals surface area contributed by atoms with Crippen LogP contribution in [0.2, 0.25) is 0 Å². The van der Waals surface area contributed by atoms with Gasteiger partial charge in [0.2, 0.25) is 5.91 Å². The van der Waals surface area contributed by atoms with Crippen LogP contribution < -0.4 is 14.8 Å². The van der Waals surface area contributed by atoms with Crippen LogP contribution in [0.25, 0.3) is 10.9 Å². The van der Waals surface area contributed by atoms with Gasteiger partial charge in [0.05, 0.1) is 19.9 Å². The molecule has 8 nitrogen and oxygen atoms in total. The summed E-state index contributed by atoms with van der Waals surface area (Å²) in [5, 5.41) is 4.04. The third-order valence-corrected chi connectivity index (χ3v) is 6.77. The molecule has 8 heteroatoms. The first-order chi connectivity index (χ1) is 18.9. The minimum atomic E-state index is -0.364. The smallest absolute Gasteiger partial charge is 0.322 e. The fourth-order valence-corrected chi connectivity index (χ4v) is 4.59. The van der Waals surface area contributed by atoms with Crippen LogP contribution in [0.3, 0.4) is 0 Å². The van der Waals surface area contributed by atoms with Crippen molar-refractivity contribution in [3.63, 3.8) is 0 Å². The molecular formula is C31H36N4O4. The van der Waals surface area contributed by atoms with Gasteiger partial charge in [-0.1, -0.05) is 48.5 Å². The van der Waals surface area contributed by atoms with Gasteiger partial charge in [-0.25, -0.2) is 4.79 Å². The van der Waals surface area contributed by atoms with E-state index in [9.17, 15) is 9.59 Å². The zero-order valence-electron chi connectivity index (χ0n) is 22.9. The quantitative estimate of drug-likeness (QED) is 0.262. The zero-order valence-corrected chi connectivity index (χ0v) is 22.9. The Morgan fingerprint density at radius 3 is 2.28 bits per heavy atom. The van der Waals surface area contributed by atoms with Gasteiger partial charge in [0, 0.05) is 41.8 Å². The van der Waals surface area contributed by atoms with Crippen molar-refractivity contribution >= 4 is 28.5 Å². The molecule has 0 aliphatic carbocycles. The number of fused-ring (bicyclic) bond motifs is 1. The fourth-order valence-electron chi connectivity index (χ4n) is 4.59. The standard InChI is InChI=1S/C31H36N4O4/c1-22(2)35(31(37)33-27-14-8-10-16-29(27)39-4)21-30(36)34(20-24-11-5-9-15-28(24)38-3)18-17-23-19-32-26-13-7-6-12-25(23)26/h5-16,19,22,32H,17-18,20-21H2,1-4H3,(H,33,37). The van der Waals surface area contributed by atoms with Gasteiger partial charge in [0.15, 0.2) is 0 Å². The van der Waals surface area contributed by atoms with E-state index in [1.54, 1.807) is 31.3 Å². The molecule has 0 atom stereocenters. The van der Waals surface area contributed by atoms with Gasteiger partial charge in [-0.3, -0.25) is 4.79 Å².